The summed E-state index contributed by atoms with van der Waals surface area (Å²) in [7, 11) is -3.99. The van der Waals surface area contributed by atoms with Crippen LogP contribution in [-0.4, -0.2) is 37.3 Å². The number of alkyl halides is 3. The van der Waals surface area contributed by atoms with Gasteiger partial charge in [0, 0.05) is 12.3 Å². The van der Waals surface area contributed by atoms with Crippen LogP contribution in [0.4, 0.5) is 13.2 Å². The molecule has 2 N–H and O–H groups in total. The van der Waals surface area contributed by atoms with E-state index in [-0.39, 0.29) is 26.4 Å². The molecule has 1 aromatic rings. The lowest BCUT2D eigenvalue weighted by Crippen LogP contribution is -2.26. The fraction of sp³-hybridized carbons (Fsp3) is 0.444. The Hall–Kier alpha value is -0.780. The minimum absolute atomic E-state index is 0.116. The second kappa shape index (κ2) is 6.33. The van der Waals surface area contributed by atoms with Gasteiger partial charge in [-0.3, -0.25) is 0 Å². The van der Waals surface area contributed by atoms with Gasteiger partial charge in [-0.15, -0.1) is 11.3 Å². The number of hydrogen-bond acceptors (Lipinski definition) is 5. The van der Waals surface area contributed by atoms with E-state index in [1.807, 2.05) is 4.72 Å². The lowest BCUT2D eigenvalue weighted by molar-refractivity contribution is -0.0327. The maximum atomic E-state index is 11.9. The highest BCUT2D eigenvalue weighted by atomic mass is 32.2. The number of aryl methyl sites for hydroxylation is 1. The molecule has 1 rings (SSSR count). The Bertz CT molecular complexity index is 594. The van der Waals surface area contributed by atoms with Gasteiger partial charge < -0.3 is 5.11 Å². The Morgan fingerprint density at radius 2 is 2.10 bits per heavy atom. The molecule has 0 aliphatic carbocycles. The Morgan fingerprint density at radius 3 is 2.55 bits per heavy atom. The minimum Gasteiger partial charge on any atom is -0.477 e. The van der Waals surface area contributed by atoms with Crippen molar-refractivity contribution in [2.75, 3.05) is 12.3 Å². The number of carboxylic acid groups (broad SMARTS) is 1. The first-order chi connectivity index (χ1) is 9.03. The van der Waals surface area contributed by atoms with Crippen molar-refractivity contribution in [1.29, 1.82) is 0 Å². The fourth-order valence-corrected chi connectivity index (χ4v) is 4.23. The molecule has 5 nitrogen and oxygen atoms in total. The van der Waals surface area contributed by atoms with Crippen LogP contribution in [0.1, 0.15) is 15.2 Å². The fourth-order valence-electron chi connectivity index (χ4n) is 1.21. The zero-order chi connectivity index (χ0) is 15.6. The van der Waals surface area contributed by atoms with Crippen molar-refractivity contribution in [3.8, 4) is 0 Å². The Morgan fingerprint density at radius 1 is 1.50 bits per heavy atom. The van der Waals surface area contributed by atoms with Crippen LogP contribution in [-0.2, 0) is 10.0 Å². The standard InChI is InChI=1S/C9H10F3NO4S3/c1-5-4-6(19-7(5)8(14)15)20(16,17)13-2-3-18-9(10,11)12/h4,13H,2-3H2,1H3,(H,14,15). The highest BCUT2D eigenvalue weighted by Crippen LogP contribution is 2.30. The van der Waals surface area contributed by atoms with Crippen LogP contribution in [0.5, 0.6) is 0 Å². The highest BCUT2D eigenvalue weighted by Gasteiger charge is 2.28. The SMILES string of the molecule is Cc1cc(S(=O)(=O)NCCSC(F)(F)F)sc1C(=O)O. The van der Waals surface area contributed by atoms with E-state index in [0.717, 1.165) is 0 Å². The van der Waals surface area contributed by atoms with E-state index in [9.17, 15) is 26.4 Å². The predicted molar refractivity (Wildman–Crippen MR) is 69.7 cm³/mol. The molecule has 0 fully saturated rings. The van der Waals surface area contributed by atoms with E-state index >= 15 is 0 Å². The zero-order valence-electron chi connectivity index (χ0n) is 10.0. The zero-order valence-corrected chi connectivity index (χ0v) is 12.5. The summed E-state index contributed by atoms with van der Waals surface area (Å²) in [5, 5.41) is 8.82. The van der Waals surface area contributed by atoms with Gasteiger partial charge in [0.25, 0.3) is 0 Å². The van der Waals surface area contributed by atoms with E-state index in [1.54, 1.807) is 0 Å². The first-order valence-corrected chi connectivity index (χ1v) is 8.35. The van der Waals surface area contributed by atoms with Crippen molar-refractivity contribution in [2.45, 2.75) is 16.6 Å². The number of carboxylic acids is 1. The molecule has 0 bridgehead atoms. The predicted octanol–water partition coefficient (Wildman–Crippen LogP) is 2.29. The number of halogens is 3. The molecule has 1 heterocycles. The third-order valence-electron chi connectivity index (χ3n) is 2.01. The maximum absolute atomic E-state index is 11.9. The van der Waals surface area contributed by atoms with Crippen LogP contribution in [0.15, 0.2) is 10.3 Å². The second-order valence-electron chi connectivity index (χ2n) is 3.57. The average molecular weight is 349 g/mol. The monoisotopic (exact) mass is 349 g/mol. The summed E-state index contributed by atoms with van der Waals surface area (Å²) in [6.07, 6.45) is 0. The van der Waals surface area contributed by atoms with Gasteiger partial charge >= 0.3 is 11.5 Å². The number of carbonyl (C=O) groups is 1. The van der Waals surface area contributed by atoms with Gasteiger partial charge in [0.15, 0.2) is 0 Å². The maximum Gasteiger partial charge on any atom is 0.441 e. The minimum atomic E-state index is -4.42. The lowest BCUT2D eigenvalue weighted by atomic mass is 10.3. The smallest absolute Gasteiger partial charge is 0.441 e. The number of sulfonamides is 1. The first kappa shape index (κ1) is 17.3. The van der Waals surface area contributed by atoms with Gasteiger partial charge in [-0.1, -0.05) is 0 Å². The van der Waals surface area contributed by atoms with Crippen LogP contribution in [0.25, 0.3) is 0 Å². The molecule has 0 aromatic carbocycles. The van der Waals surface area contributed by atoms with E-state index in [2.05, 4.69) is 0 Å². The summed E-state index contributed by atoms with van der Waals surface area (Å²) in [5.74, 6) is -1.71. The van der Waals surface area contributed by atoms with Crippen LogP contribution in [0.2, 0.25) is 0 Å². The van der Waals surface area contributed by atoms with E-state index < -0.39 is 33.8 Å². The van der Waals surface area contributed by atoms with E-state index in [1.165, 1.54) is 13.0 Å². The van der Waals surface area contributed by atoms with Gasteiger partial charge in [-0.25, -0.2) is 17.9 Å². The average Bonchev–Trinajstić information content (AvgIpc) is 2.66. The Labute approximate surface area is 121 Å². The van der Waals surface area contributed by atoms with Gasteiger partial charge in [0.2, 0.25) is 10.0 Å². The highest BCUT2D eigenvalue weighted by molar-refractivity contribution is 8.00. The van der Waals surface area contributed by atoms with Crippen molar-refractivity contribution in [2.24, 2.45) is 0 Å². The molecule has 20 heavy (non-hydrogen) atoms. The van der Waals surface area contributed by atoms with Crippen LogP contribution < -0.4 is 4.72 Å². The summed E-state index contributed by atoms with van der Waals surface area (Å²) >= 11 is 0.224. The molecule has 11 heteroatoms. The molecule has 0 saturated carbocycles. The van der Waals surface area contributed by atoms with Gasteiger partial charge in [-0.2, -0.15) is 13.2 Å². The number of thioether (sulfide) groups is 1. The second-order valence-corrected chi connectivity index (χ2v) is 7.78. The number of hydrogen-bond donors (Lipinski definition) is 2. The van der Waals surface area contributed by atoms with E-state index in [4.69, 9.17) is 5.11 Å². The van der Waals surface area contributed by atoms with Crippen molar-refractivity contribution in [3.05, 3.63) is 16.5 Å². The van der Waals surface area contributed by atoms with Crippen molar-refractivity contribution in [1.82, 2.24) is 4.72 Å². The van der Waals surface area contributed by atoms with Gasteiger partial charge in [-0.05, 0) is 30.3 Å². The Balaban J connectivity index is 2.70. The Kier molecular flexibility index (Phi) is 5.46. The topological polar surface area (TPSA) is 83.5 Å². The summed E-state index contributed by atoms with van der Waals surface area (Å²) in [6.45, 7) is 1.05. The largest absolute Gasteiger partial charge is 0.477 e. The van der Waals surface area contributed by atoms with Gasteiger partial charge in [0.1, 0.15) is 9.09 Å². The summed E-state index contributed by atoms with van der Waals surface area (Å²) < 4.78 is 60.9. The lowest BCUT2D eigenvalue weighted by Gasteiger charge is -2.06. The molecule has 0 aliphatic rings. The number of aromatic carboxylic acids is 1. The number of thiophene rings is 1. The quantitative estimate of drug-likeness (QED) is 0.770. The molecule has 0 unspecified atom stereocenters. The van der Waals surface area contributed by atoms with Crippen molar-refractivity contribution in [3.63, 3.8) is 0 Å². The van der Waals surface area contributed by atoms with E-state index in [0.29, 0.717) is 11.3 Å². The number of nitrogens with one attached hydrogen (secondary N) is 1. The molecule has 0 spiro atoms. The molecular formula is C9H10F3NO4S3. The molecule has 1 aromatic heterocycles. The number of rotatable bonds is 6. The van der Waals surface area contributed by atoms with Crippen molar-refractivity contribution < 1.29 is 31.5 Å². The summed E-state index contributed by atoms with van der Waals surface area (Å²) in [5.41, 5.74) is -4.13. The molecule has 0 aliphatic heterocycles. The molecule has 0 amide bonds. The van der Waals surface area contributed by atoms with Crippen LogP contribution in [0, 0.1) is 6.92 Å². The van der Waals surface area contributed by atoms with Crippen LogP contribution in [0.3, 0.4) is 0 Å². The van der Waals surface area contributed by atoms with Crippen LogP contribution >= 0.6 is 23.1 Å². The summed E-state index contributed by atoms with van der Waals surface area (Å²) in [4.78, 5) is 10.7. The molecular weight excluding hydrogens is 339 g/mol. The molecule has 0 radical (unpaired) electrons. The normalized spacial score (nSPS) is 12.6. The van der Waals surface area contributed by atoms with Crippen molar-refractivity contribution >= 4 is 39.1 Å². The molecule has 114 valence electrons. The van der Waals surface area contributed by atoms with Gasteiger partial charge in [0.05, 0.1) is 0 Å². The third-order valence-corrected chi connectivity index (χ3v) is 5.91. The first-order valence-electron chi connectivity index (χ1n) is 5.07. The molecule has 0 atom stereocenters. The summed E-state index contributed by atoms with van der Waals surface area (Å²) in [6, 6.07) is 1.17. The molecule has 0 saturated heterocycles. The third kappa shape index (κ3) is 4.96.